The third kappa shape index (κ3) is 3.69. The zero-order chi connectivity index (χ0) is 14.9. The summed E-state index contributed by atoms with van der Waals surface area (Å²) >= 11 is 0. The van der Waals surface area contributed by atoms with Gasteiger partial charge in [-0.25, -0.2) is 4.79 Å². The summed E-state index contributed by atoms with van der Waals surface area (Å²) in [5, 5.41) is 11.9. The van der Waals surface area contributed by atoms with Crippen LogP contribution in [-0.4, -0.2) is 41.6 Å². The van der Waals surface area contributed by atoms with Gasteiger partial charge in [-0.15, -0.1) is 0 Å². The van der Waals surface area contributed by atoms with Crippen LogP contribution in [0.25, 0.3) is 0 Å². The highest BCUT2D eigenvalue weighted by atomic mass is 16.4. The van der Waals surface area contributed by atoms with Gasteiger partial charge in [0.2, 0.25) is 0 Å². The van der Waals surface area contributed by atoms with Crippen LogP contribution in [-0.2, 0) is 4.79 Å². The van der Waals surface area contributed by atoms with E-state index >= 15 is 0 Å². The lowest BCUT2D eigenvalue weighted by Crippen LogP contribution is -2.47. The van der Waals surface area contributed by atoms with Crippen molar-refractivity contribution in [3.63, 3.8) is 0 Å². The smallest absolute Gasteiger partial charge is 0.317 e. The summed E-state index contributed by atoms with van der Waals surface area (Å²) in [5.41, 5.74) is 0.439. The Labute approximate surface area is 126 Å². The van der Waals surface area contributed by atoms with E-state index in [4.69, 9.17) is 5.11 Å². The Bertz CT molecular complexity index is 416. The summed E-state index contributed by atoms with van der Waals surface area (Å²) in [4.78, 5) is 24.8. The molecule has 2 aliphatic carbocycles. The molecule has 2 amide bonds. The number of aliphatic carboxylic acids is 1. The first-order valence-electron chi connectivity index (χ1n) is 8.34. The molecule has 2 saturated carbocycles. The van der Waals surface area contributed by atoms with Gasteiger partial charge < -0.3 is 15.3 Å². The van der Waals surface area contributed by atoms with Gasteiger partial charge >= 0.3 is 12.0 Å². The van der Waals surface area contributed by atoms with Crippen molar-refractivity contribution in [1.29, 1.82) is 0 Å². The van der Waals surface area contributed by atoms with Crippen molar-refractivity contribution in [3.8, 4) is 0 Å². The molecule has 2 N–H and O–H groups in total. The van der Waals surface area contributed by atoms with Crippen LogP contribution in [0.4, 0.5) is 4.79 Å². The lowest BCUT2D eigenvalue weighted by molar-refractivity contribution is -0.137. The average molecular weight is 294 g/mol. The highest BCUT2D eigenvalue weighted by molar-refractivity contribution is 5.74. The molecule has 0 radical (unpaired) electrons. The van der Waals surface area contributed by atoms with E-state index in [1.165, 1.54) is 25.7 Å². The fraction of sp³-hybridized carbons (Fsp3) is 0.875. The predicted molar refractivity (Wildman–Crippen MR) is 79.0 cm³/mol. The molecule has 5 nitrogen and oxygen atoms in total. The van der Waals surface area contributed by atoms with Gasteiger partial charge in [0.15, 0.2) is 0 Å². The summed E-state index contributed by atoms with van der Waals surface area (Å²) in [5.74, 6) is 0.470. The molecule has 1 saturated heterocycles. The number of nitrogens with zero attached hydrogens (tertiary/aromatic N) is 1. The number of carbonyl (C=O) groups is 2. The average Bonchev–Trinajstić information content (AvgIpc) is 3.35. The molecular weight excluding hydrogens is 268 g/mol. The zero-order valence-corrected chi connectivity index (χ0v) is 12.6. The van der Waals surface area contributed by atoms with Crippen LogP contribution in [0.3, 0.4) is 0 Å². The number of hydrogen-bond acceptors (Lipinski definition) is 2. The van der Waals surface area contributed by atoms with Gasteiger partial charge in [-0.2, -0.15) is 0 Å². The van der Waals surface area contributed by atoms with Gasteiger partial charge in [0.05, 0.1) is 0 Å². The monoisotopic (exact) mass is 294 g/mol. The maximum absolute atomic E-state index is 12.3. The molecule has 1 heterocycles. The SMILES string of the molecule is O=C(O)CCC1CCCN(C(=O)NCC2(C3CC3)CC2)C1. The van der Waals surface area contributed by atoms with E-state index in [-0.39, 0.29) is 12.5 Å². The second-order valence-electron chi connectivity index (χ2n) is 7.18. The maximum Gasteiger partial charge on any atom is 0.317 e. The van der Waals surface area contributed by atoms with E-state index in [2.05, 4.69) is 5.32 Å². The molecular formula is C16H26N2O3. The molecule has 1 atom stereocenters. The summed E-state index contributed by atoms with van der Waals surface area (Å²) in [7, 11) is 0. The van der Waals surface area contributed by atoms with Gasteiger partial charge in [0.1, 0.15) is 0 Å². The van der Waals surface area contributed by atoms with Crippen molar-refractivity contribution >= 4 is 12.0 Å². The molecule has 0 aromatic carbocycles. The number of carboxylic acid groups (broad SMARTS) is 1. The lowest BCUT2D eigenvalue weighted by atomic mass is 9.93. The quantitative estimate of drug-likeness (QED) is 0.790. The molecule has 21 heavy (non-hydrogen) atoms. The summed E-state index contributed by atoms with van der Waals surface area (Å²) in [6.45, 7) is 2.37. The van der Waals surface area contributed by atoms with E-state index < -0.39 is 5.97 Å². The van der Waals surface area contributed by atoms with Crippen LogP contribution in [0, 0.1) is 17.3 Å². The Balaban J connectivity index is 1.42. The number of piperidine rings is 1. The topological polar surface area (TPSA) is 69.6 Å². The third-order valence-corrected chi connectivity index (χ3v) is 5.50. The van der Waals surface area contributed by atoms with Crippen molar-refractivity contribution in [3.05, 3.63) is 0 Å². The summed E-state index contributed by atoms with van der Waals surface area (Å²) < 4.78 is 0. The number of hydrogen-bond donors (Lipinski definition) is 2. The first kappa shape index (κ1) is 14.7. The molecule has 3 fully saturated rings. The molecule has 0 spiro atoms. The van der Waals surface area contributed by atoms with E-state index in [1.54, 1.807) is 0 Å². The molecule has 118 valence electrons. The second-order valence-corrected chi connectivity index (χ2v) is 7.18. The molecule has 5 heteroatoms. The van der Waals surface area contributed by atoms with Crippen molar-refractivity contribution in [2.75, 3.05) is 19.6 Å². The first-order chi connectivity index (χ1) is 10.1. The highest BCUT2D eigenvalue weighted by Gasteiger charge is 2.53. The number of urea groups is 1. The number of nitrogens with one attached hydrogen (secondary N) is 1. The first-order valence-corrected chi connectivity index (χ1v) is 8.34. The Hall–Kier alpha value is -1.26. The van der Waals surface area contributed by atoms with E-state index in [1.807, 2.05) is 4.90 Å². The number of rotatable bonds is 6. The fourth-order valence-corrected chi connectivity index (χ4v) is 3.76. The van der Waals surface area contributed by atoms with E-state index in [9.17, 15) is 9.59 Å². The van der Waals surface area contributed by atoms with Crippen LogP contribution in [0.5, 0.6) is 0 Å². The Kier molecular flexibility index (Phi) is 4.09. The highest BCUT2D eigenvalue weighted by Crippen LogP contribution is 2.60. The Morgan fingerprint density at radius 2 is 2.00 bits per heavy atom. The molecule has 0 aromatic rings. The second kappa shape index (κ2) is 5.85. The van der Waals surface area contributed by atoms with Gasteiger partial charge in [0, 0.05) is 26.1 Å². The van der Waals surface area contributed by atoms with Crippen molar-refractivity contribution in [1.82, 2.24) is 10.2 Å². The Morgan fingerprint density at radius 1 is 1.24 bits per heavy atom. The fourth-order valence-electron chi connectivity index (χ4n) is 3.76. The molecule has 1 aliphatic heterocycles. The van der Waals surface area contributed by atoms with Crippen LogP contribution >= 0.6 is 0 Å². The van der Waals surface area contributed by atoms with Gasteiger partial charge in [-0.1, -0.05) is 0 Å². The number of likely N-dealkylation sites (tertiary alicyclic amines) is 1. The van der Waals surface area contributed by atoms with Gasteiger partial charge in [0.25, 0.3) is 0 Å². The minimum Gasteiger partial charge on any atom is -0.481 e. The minimum absolute atomic E-state index is 0.0574. The number of amides is 2. The predicted octanol–water partition coefficient (Wildman–Crippen LogP) is 2.46. The third-order valence-electron chi connectivity index (χ3n) is 5.50. The summed E-state index contributed by atoms with van der Waals surface area (Å²) in [6, 6.07) is 0.0574. The zero-order valence-electron chi connectivity index (χ0n) is 12.6. The molecule has 3 rings (SSSR count). The Morgan fingerprint density at radius 3 is 2.62 bits per heavy atom. The van der Waals surface area contributed by atoms with Crippen LogP contribution in [0.2, 0.25) is 0 Å². The van der Waals surface area contributed by atoms with Crippen LogP contribution in [0.1, 0.15) is 51.4 Å². The molecule has 0 bridgehead atoms. The van der Waals surface area contributed by atoms with E-state index in [0.717, 1.165) is 38.4 Å². The van der Waals surface area contributed by atoms with Crippen LogP contribution in [0.15, 0.2) is 0 Å². The van der Waals surface area contributed by atoms with Crippen molar-refractivity contribution < 1.29 is 14.7 Å². The molecule has 1 unspecified atom stereocenters. The summed E-state index contributed by atoms with van der Waals surface area (Å²) in [6.07, 6.45) is 8.18. The standard InChI is InChI=1S/C16H26N2O3/c19-14(20)6-3-12-2-1-9-18(10-12)15(21)17-11-16(7-8-16)13-4-5-13/h12-13H,1-11H2,(H,17,21)(H,19,20). The molecule has 3 aliphatic rings. The number of carboxylic acids is 1. The maximum atomic E-state index is 12.3. The van der Waals surface area contributed by atoms with Crippen molar-refractivity contribution in [2.45, 2.75) is 51.4 Å². The normalized spacial score (nSPS) is 27.2. The number of carbonyl (C=O) groups excluding carboxylic acids is 1. The molecule has 0 aromatic heterocycles. The van der Waals surface area contributed by atoms with E-state index in [0.29, 0.717) is 17.8 Å². The van der Waals surface area contributed by atoms with Crippen molar-refractivity contribution in [2.24, 2.45) is 17.3 Å². The van der Waals surface area contributed by atoms with Gasteiger partial charge in [-0.3, -0.25) is 4.79 Å². The minimum atomic E-state index is -0.739. The van der Waals surface area contributed by atoms with Gasteiger partial charge in [-0.05, 0) is 62.2 Å². The lowest BCUT2D eigenvalue weighted by Gasteiger charge is -2.33. The van der Waals surface area contributed by atoms with Crippen LogP contribution < -0.4 is 5.32 Å². The largest absolute Gasteiger partial charge is 0.481 e.